The Bertz CT molecular complexity index is 1030. The van der Waals surface area contributed by atoms with Crippen molar-refractivity contribution in [2.24, 2.45) is 5.10 Å². The minimum Gasteiger partial charge on any atom is -0.481 e. The van der Waals surface area contributed by atoms with Crippen LogP contribution in [0.15, 0.2) is 54.0 Å². The molecule has 3 aromatic rings. The first-order chi connectivity index (χ1) is 13.1. The van der Waals surface area contributed by atoms with E-state index in [9.17, 15) is 9.59 Å². The van der Waals surface area contributed by atoms with Gasteiger partial charge in [-0.25, -0.2) is 5.01 Å². The van der Waals surface area contributed by atoms with Crippen LogP contribution in [0.1, 0.15) is 36.6 Å². The van der Waals surface area contributed by atoms with Gasteiger partial charge >= 0.3 is 5.97 Å². The minimum atomic E-state index is -1.01. The van der Waals surface area contributed by atoms with Crippen LogP contribution in [0.3, 0.4) is 0 Å². The molecule has 1 aromatic carbocycles. The number of rotatable bonds is 5. The lowest BCUT2D eigenvalue weighted by Crippen LogP contribution is -2.27. The molecule has 2 aromatic heterocycles. The number of amides is 1. The molecule has 8 heteroatoms. The van der Waals surface area contributed by atoms with E-state index < -0.39 is 5.97 Å². The molecule has 4 rings (SSSR count). The predicted molar refractivity (Wildman–Crippen MR) is 97.9 cm³/mol. The largest absolute Gasteiger partial charge is 0.481 e. The van der Waals surface area contributed by atoms with E-state index in [1.54, 1.807) is 18.6 Å². The molecule has 1 atom stereocenters. The highest BCUT2D eigenvalue weighted by molar-refractivity contribution is 6.02. The third kappa shape index (κ3) is 3.41. The number of H-pyrrole nitrogens is 1. The molecule has 8 nitrogen and oxygen atoms in total. The van der Waals surface area contributed by atoms with Crippen LogP contribution in [0.4, 0.5) is 0 Å². The van der Waals surface area contributed by atoms with E-state index >= 15 is 0 Å². The summed E-state index contributed by atoms with van der Waals surface area (Å²) in [5.74, 6) is -1.32. The van der Waals surface area contributed by atoms with Gasteiger partial charge in [-0.3, -0.25) is 19.6 Å². The van der Waals surface area contributed by atoms with Crippen molar-refractivity contribution in [2.75, 3.05) is 0 Å². The van der Waals surface area contributed by atoms with Crippen LogP contribution in [0.2, 0.25) is 0 Å². The highest BCUT2D eigenvalue weighted by Gasteiger charge is 2.33. The van der Waals surface area contributed by atoms with E-state index in [-0.39, 0.29) is 24.8 Å². The third-order valence-electron chi connectivity index (χ3n) is 4.51. The van der Waals surface area contributed by atoms with Crippen molar-refractivity contribution in [3.8, 4) is 0 Å². The number of hydrogen-bond donors (Lipinski definition) is 2. The number of benzene rings is 1. The summed E-state index contributed by atoms with van der Waals surface area (Å²) in [5.41, 5.74) is 3.99. The Hall–Kier alpha value is -3.55. The van der Waals surface area contributed by atoms with Gasteiger partial charge in [-0.15, -0.1) is 0 Å². The molecule has 0 aliphatic carbocycles. The quantitative estimate of drug-likeness (QED) is 0.723. The Morgan fingerprint density at radius 1 is 1.15 bits per heavy atom. The third-order valence-corrected chi connectivity index (χ3v) is 4.51. The van der Waals surface area contributed by atoms with Crippen LogP contribution in [-0.4, -0.2) is 42.7 Å². The van der Waals surface area contributed by atoms with E-state index in [1.807, 2.05) is 30.3 Å². The predicted octanol–water partition coefficient (Wildman–Crippen LogP) is 2.50. The van der Waals surface area contributed by atoms with Gasteiger partial charge < -0.3 is 10.1 Å². The molecule has 136 valence electrons. The molecule has 3 heterocycles. The number of carbonyl (C=O) groups excluding carboxylic acids is 1. The maximum absolute atomic E-state index is 12.6. The molecule has 0 bridgehead atoms. The number of aromatic amines is 1. The number of nitrogens with one attached hydrogen (secondary N) is 1. The zero-order valence-corrected chi connectivity index (χ0v) is 14.4. The molecular formula is C19H17N5O3. The van der Waals surface area contributed by atoms with Crippen LogP contribution >= 0.6 is 0 Å². The first kappa shape index (κ1) is 16.9. The zero-order valence-electron chi connectivity index (χ0n) is 14.4. The Morgan fingerprint density at radius 2 is 1.96 bits per heavy atom. The maximum Gasteiger partial charge on any atom is 0.303 e. The minimum absolute atomic E-state index is 0.0965. The van der Waals surface area contributed by atoms with Crippen molar-refractivity contribution >= 4 is 28.6 Å². The molecule has 27 heavy (non-hydrogen) atoms. The van der Waals surface area contributed by atoms with Gasteiger partial charge in [0.2, 0.25) is 5.91 Å². The molecule has 0 saturated carbocycles. The summed E-state index contributed by atoms with van der Waals surface area (Å²) in [7, 11) is 0. The van der Waals surface area contributed by atoms with E-state index in [4.69, 9.17) is 5.11 Å². The van der Waals surface area contributed by atoms with Crippen molar-refractivity contribution in [2.45, 2.75) is 25.3 Å². The van der Waals surface area contributed by atoms with Gasteiger partial charge in [0, 0.05) is 31.4 Å². The van der Waals surface area contributed by atoms with Gasteiger partial charge in [0.15, 0.2) is 0 Å². The van der Waals surface area contributed by atoms with E-state index in [0.29, 0.717) is 6.42 Å². The number of aromatic nitrogens is 3. The van der Waals surface area contributed by atoms with Gasteiger partial charge in [0.1, 0.15) is 0 Å². The van der Waals surface area contributed by atoms with E-state index in [2.05, 4.69) is 20.1 Å². The number of nitrogens with zero attached hydrogens (tertiary/aromatic N) is 4. The lowest BCUT2D eigenvalue weighted by molar-refractivity contribution is -0.141. The highest BCUT2D eigenvalue weighted by atomic mass is 16.4. The van der Waals surface area contributed by atoms with Crippen LogP contribution < -0.4 is 0 Å². The molecule has 0 saturated heterocycles. The Labute approximate surface area is 154 Å². The molecule has 1 unspecified atom stereocenters. The van der Waals surface area contributed by atoms with Gasteiger partial charge in [-0.05, 0) is 29.8 Å². The van der Waals surface area contributed by atoms with Crippen LogP contribution in [-0.2, 0) is 9.59 Å². The Balaban J connectivity index is 1.67. The summed E-state index contributed by atoms with van der Waals surface area (Å²) in [4.78, 5) is 35.2. The van der Waals surface area contributed by atoms with E-state index in [0.717, 1.165) is 28.0 Å². The standard InChI is InChI=1S/C19H17N5O3/c25-18(5-6-19(26)27)24-17(11-16(23-24)13-2-1-7-20-13)12-3-4-14-15(10-12)22-9-8-21-14/h1-4,7-10,17,20H,5-6,11H2,(H,26,27). The monoisotopic (exact) mass is 363 g/mol. The summed E-state index contributed by atoms with van der Waals surface area (Å²) in [6, 6.07) is 9.13. The number of carboxylic acid groups (broad SMARTS) is 1. The Morgan fingerprint density at radius 3 is 2.70 bits per heavy atom. The fourth-order valence-electron chi connectivity index (χ4n) is 3.19. The van der Waals surface area contributed by atoms with E-state index in [1.165, 1.54) is 5.01 Å². The van der Waals surface area contributed by atoms with Crippen molar-refractivity contribution in [3.63, 3.8) is 0 Å². The number of hydrogen-bond acceptors (Lipinski definition) is 5. The summed E-state index contributed by atoms with van der Waals surface area (Å²) in [6.45, 7) is 0. The van der Waals surface area contributed by atoms with Crippen LogP contribution in [0.25, 0.3) is 11.0 Å². The van der Waals surface area contributed by atoms with Crippen molar-refractivity contribution in [1.82, 2.24) is 20.0 Å². The van der Waals surface area contributed by atoms with Crippen molar-refractivity contribution in [1.29, 1.82) is 0 Å². The molecule has 2 N–H and O–H groups in total. The first-order valence-corrected chi connectivity index (χ1v) is 8.57. The SMILES string of the molecule is O=C(O)CCC(=O)N1N=C(c2ccc[nH]2)CC1c1ccc2nccnc2c1. The molecule has 1 amide bonds. The van der Waals surface area contributed by atoms with Gasteiger partial charge in [-0.2, -0.15) is 5.10 Å². The number of hydrazone groups is 1. The second-order valence-corrected chi connectivity index (χ2v) is 6.29. The maximum atomic E-state index is 12.6. The fraction of sp³-hybridized carbons (Fsp3) is 0.211. The average molecular weight is 363 g/mol. The first-order valence-electron chi connectivity index (χ1n) is 8.57. The zero-order chi connectivity index (χ0) is 18.8. The van der Waals surface area contributed by atoms with Crippen LogP contribution in [0.5, 0.6) is 0 Å². The highest BCUT2D eigenvalue weighted by Crippen LogP contribution is 2.34. The summed E-state index contributed by atoms with van der Waals surface area (Å²) in [6.07, 6.45) is 5.26. The molecular weight excluding hydrogens is 346 g/mol. The number of carbonyl (C=O) groups is 2. The smallest absolute Gasteiger partial charge is 0.303 e. The lowest BCUT2D eigenvalue weighted by atomic mass is 9.99. The van der Waals surface area contributed by atoms with Crippen molar-refractivity contribution in [3.05, 3.63) is 60.2 Å². The fourth-order valence-corrected chi connectivity index (χ4v) is 3.19. The molecule has 0 radical (unpaired) electrons. The second kappa shape index (κ2) is 6.99. The summed E-state index contributed by atoms with van der Waals surface area (Å²) in [5, 5.41) is 14.8. The van der Waals surface area contributed by atoms with Gasteiger partial charge in [0.25, 0.3) is 0 Å². The molecule has 0 spiro atoms. The van der Waals surface area contributed by atoms with Gasteiger partial charge in [-0.1, -0.05) is 6.07 Å². The Kier molecular flexibility index (Phi) is 4.37. The molecule has 1 aliphatic rings. The normalized spacial score (nSPS) is 16.5. The molecule has 0 fully saturated rings. The number of fused-ring (bicyclic) bond motifs is 1. The van der Waals surface area contributed by atoms with Gasteiger partial charge in [0.05, 0.1) is 34.9 Å². The molecule has 1 aliphatic heterocycles. The average Bonchev–Trinajstić information content (AvgIpc) is 3.35. The number of aliphatic carboxylic acids is 1. The second-order valence-electron chi connectivity index (χ2n) is 6.29. The van der Waals surface area contributed by atoms with Crippen LogP contribution in [0, 0.1) is 0 Å². The summed E-state index contributed by atoms with van der Waals surface area (Å²) < 4.78 is 0. The lowest BCUT2D eigenvalue weighted by Gasteiger charge is -2.22. The number of carboxylic acids is 1. The van der Waals surface area contributed by atoms with Crippen molar-refractivity contribution < 1.29 is 14.7 Å². The topological polar surface area (TPSA) is 112 Å². The summed E-state index contributed by atoms with van der Waals surface area (Å²) >= 11 is 0.